The molecule has 4 nitrogen and oxygen atoms in total. The number of thiophene rings is 1. The maximum absolute atomic E-state index is 9.41. The minimum atomic E-state index is -1.78. The highest BCUT2D eigenvalue weighted by Crippen LogP contribution is 2.37. The molecule has 0 saturated heterocycles. The molecule has 0 spiro atoms. The first kappa shape index (κ1) is 16.6. The van der Waals surface area contributed by atoms with Crippen LogP contribution in [0.5, 0.6) is 0 Å². The highest BCUT2D eigenvalue weighted by Gasteiger charge is 2.37. The fourth-order valence-corrected chi connectivity index (χ4v) is 3.86. The van der Waals surface area contributed by atoms with Gasteiger partial charge in [0.2, 0.25) is 0 Å². The summed E-state index contributed by atoms with van der Waals surface area (Å²) in [5.74, 6) is 0. The van der Waals surface area contributed by atoms with E-state index in [1.165, 1.54) is 11.3 Å². The Morgan fingerprint density at radius 3 is 2.57 bits per heavy atom. The molecule has 21 heavy (non-hydrogen) atoms. The van der Waals surface area contributed by atoms with Crippen molar-refractivity contribution in [3.8, 4) is 0 Å². The smallest absolute Gasteiger partial charge is 0.423 e. The number of aromatic nitrogens is 1. The highest BCUT2D eigenvalue weighted by molar-refractivity contribution is 7.20. The van der Waals surface area contributed by atoms with Gasteiger partial charge in [0.25, 0.3) is 0 Å². The van der Waals surface area contributed by atoms with Crippen LogP contribution in [0.4, 0.5) is 0 Å². The molecule has 0 aliphatic heterocycles. The van der Waals surface area contributed by atoms with E-state index < -0.39 is 15.4 Å². The summed E-state index contributed by atoms with van der Waals surface area (Å²) in [4.78, 5) is 5.35. The number of fused-ring (bicyclic) bond motifs is 1. The summed E-state index contributed by atoms with van der Waals surface area (Å²) in [5.41, 5.74) is 1.29. The average Bonchev–Trinajstić information content (AvgIpc) is 2.77. The van der Waals surface area contributed by atoms with Gasteiger partial charge in [0, 0.05) is 16.5 Å². The van der Waals surface area contributed by atoms with Crippen LogP contribution in [0.15, 0.2) is 18.3 Å². The van der Waals surface area contributed by atoms with Crippen molar-refractivity contribution in [3.63, 3.8) is 0 Å². The zero-order valence-electron chi connectivity index (χ0n) is 13.2. The zero-order chi connectivity index (χ0) is 15.8. The van der Waals surface area contributed by atoms with Crippen LogP contribution in [-0.2, 0) is 11.0 Å². The predicted molar refractivity (Wildman–Crippen MR) is 91.4 cm³/mol. The first-order valence-corrected chi connectivity index (χ1v) is 10.7. The Hall–Kier alpha value is -0.728. The molecule has 2 aromatic heterocycles. The van der Waals surface area contributed by atoms with E-state index in [9.17, 15) is 10.0 Å². The molecule has 0 aliphatic rings. The lowest BCUT2D eigenvalue weighted by atomic mass is 9.81. The van der Waals surface area contributed by atoms with Crippen LogP contribution >= 0.6 is 11.3 Å². The summed E-state index contributed by atoms with van der Waals surface area (Å²) in [6.45, 7) is 11.6. The normalized spacial score (nSPS) is 12.9. The van der Waals surface area contributed by atoms with Crippen molar-refractivity contribution in [3.05, 3.63) is 23.2 Å². The lowest BCUT2D eigenvalue weighted by Crippen LogP contribution is -2.40. The monoisotopic (exact) mass is 323 g/mol. The second-order valence-corrected chi connectivity index (χ2v) is 12.7. The summed E-state index contributed by atoms with van der Waals surface area (Å²) in [5, 5.41) is 19.0. The van der Waals surface area contributed by atoms with E-state index in [4.69, 9.17) is 4.43 Å². The molecule has 0 radical (unpaired) electrons. The molecule has 114 valence electrons. The van der Waals surface area contributed by atoms with E-state index >= 15 is 0 Å². The molecule has 2 rings (SSSR count). The van der Waals surface area contributed by atoms with E-state index in [1.54, 1.807) is 12.3 Å². The molecule has 0 unspecified atom stereocenters. The summed E-state index contributed by atoms with van der Waals surface area (Å²) >= 11 is 1.52. The maximum atomic E-state index is 9.41. The standard InChI is InChI=1S/C14H22BNO3SSi/c1-14(2,3)21(4,5)19-9-10-8-12-13(20-10)11(15(17)18)6-7-16-12/h6-8,17-18H,9H2,1-5H3. The van der Waals surface area contributed by atoms with E-state index in [2.05, 4.69) is 38.8 Å². The van der Waals surface area contributed by atoms with Crippen molar-refractivity contribution < 1.29 is 14.5 Å². The van der Waals surface area contributed by atoms with Gasteiger partial charge in [0.05, 0.1) is 16.8 Å². The van der Waals surface area contributed by atoms with Crippen LogP contribution in [0.3, 0.4) is 0 Å². The van der Waals surface area contributed by atoms with Crippen LogP contribution in [0, 0.1) is 0 Å². The van der Waals surface area contributed by atoms with Gasteiger partial charge in [-0.15, -0.1) is 11.3 Å². The van der Waals surface area contributed by atoms with Crippen molar-refractivity contribution in [2.24, 2.45) is 0 Å². The predicted octanol–water partition coefficient (Wildman–Crippen LogP) is 2.50. The van der Waals surface area contributed by atoms with E-state index in [1.807, 2.05) is 6.07 Å². The maximum Gasteiger partial charge on any atom is 0.490 e. The molecular weight excluding hydrogens is 301 g/mol. The second-order valence-electron chi connectivity index (χ2n) is 6.75. The topological polar surface area (TPSA) is 62.6 Å². The largest absolute Gasteiger partial charge is 0.490 e. The van der Waals surface area contributed by atoms with Crippen molar-refractivity contribution in [2.45, 2.75) is 45.5 Å². The Balaban J connectivity index is 2.23. The molecule has 2 heterocycles. The van der Waals surface area contributed by atoms with Crippen molar-refractivity contribution in [1.29, 1.82) is 0 Å². The minimum absolute atomic E-state index is 0.175. The fourth-order valence-electron chi connectivity index (χ4n) is 1.75. The summed E-state index contributed by atoms with van der Waals surface area (Å²) in [6.07, 6.45) is 1.60. The first-order chi connectivity index (χ1) is 9.62. The lowest BCUT2D eigenvalue weighted by molar-refractivity contribution is 0.279. The number of pyridine rings is 1. The zero-order valence-corrected chi connectivity index (χ0v) is 15.0. The molecule has 2 aromatic rings. The number of hydrogen-bond donors (Lipinski definition) is 2. The van der Waals surface area contributed by atoms with Gasteiger partial charge in [-0.05, 0) is 30.3 Å². The Bertz CT molecular complexity index is 637. The van der Waals surface area contributed by atoms with Gasteiger partial charge in [0.1, 0.15) is 0 Å². The van der Waals surface area contributed by atoms with Gasteiger partial charge in [-0.2, -0.15) is 0 Å². The molecule has 0 aliphatic carbocycles. The molecule has 0 atom stereocenters. The average molecular weight is 323 g/mol. The summed E-state index contributed by atoms with van der Waals surface area (Å²) in [7, 11) is -3.25. The first-order valence-electron chi connectivity index (χ1n) is 6.99. The van der Waals surface area contributed by atoms with E-state index in [0.717, 1.165) is 15.1 Å². The van der Waals surface area contributed by atoms with Gasteiger partial charge in [-0.3, -0.25) is 4.98 Å². The lowest BCUT2D eigenvalue weighted by Gasteiger charge is -2.35. The highest BCUT2D eigenvalue weighted by atomic mass is 32.1. The van der Waals surface area contributed by atoms with Crippen LogP contribution in [0.1, 0.15) is 25.6 Å². The van der Waals surface area contributed by atoms with Crippen molar-refractivity contribution in [2.75, 3.05) is 0 Å². The quantitative estimate of drug-likeness (QED) is 0.849. The molecule has 7 heteroatoms. The third kappa shape index (κ3) is 3.54. The molecular formula is C14H22BNO3SSi. The van der Waals surface area contributed by atoms with Gasteiger partial charge in [-0.1, -0.05) is 20.8 Å². The minimum Gasteiger partial charge on any atom is -0.423 e. The van der Waals surface area contributed by atoms with Crippen molar-refractivity contribution in [1.82, 2.24) is 4.98 Å². The third-order valence-corrected chi connectivity index (χ3v) is 9.78. The summed E-state index contributed by atoms with van der Waals surface area (Å²) < 4.78 is 7.03. The molecule has 0 bridgehead atoms. The van der Waals surface area contributed by atoms with Gasteiger partial charge in [-0.25, -0.2) is 0 Å². The molecule has 0 amide bonds. The SMILES string of the molecule is CC(C)(C)[Si](C)(C)OCc1cc2nccc(B(O)O)c2s1. The Morgan fingerprint density at radius 2 is 2.00 bits per heavy atom. The van der Waals surface area contributed by atoms with Gasteiger partial charge < -0.3 is 14.5 Å². The van der Waals surface area contributed by atoms with E-state index in [0.29, 0.717) is 12.1 Å². The van der Waals surface area contributed by atoms with Crippen LogP contribution in [0.2, 0.25) is 18.1 Å². The number of hydrogen-bond acceptors (Lipinski definition) is 5. The molecule has 0 fully saturated rings. The molecule has 0 saturated carbocycles. The molecule has 2 N–H and O–H groups in total. The Morgan fingerprint density at radius 1 is 1.33 bits per heavy atom. The van der Waals surface area contributed by atoms with Gasteiger partial charge in [0.15, 0.2) is 8.32 Å². The Kier molecular flexibility index (Phi) is 4.61. The third-order valence-electron chi connectivity index (χ3n) is 4.15. The van der Waals surface area contributed by atoms with Crippen LogP contribution in [-0.4, -0.2) is 30.5 Å². The Labute approximate surface area is 131 Å². The fraction of sp³-hybridized carbons (Fsp3) is 0.500. The second kappa shape index (κ2) is 5.81. The number of nitrogens with zero attached hydrogens (tertiary/aromatic N) is 1. The van der Waals surface area contributed by atoms with Crippen molar-refractivity contribution >= 4 is 42.5 Å². The van der Waals surface area contributed by atoms with Gasteiger partial charge >= 0.3 is 7.12 Å². The van der Waals surface area contributed by atoms with Crippen LogP contribution < -0.4 is 5.46 Å². The number of rotatable bonds is 4. The molecule has 0 aromatic carbocycles. The van der Waals surface area contributed by atoms with E-state index in [-0.39, 0.29) is 5.04 Å². The van der Waals surface area contributed by atoms with Crippen LogP contribution in [0.25, 0.3) is 10.2 Å². The summed E-state index contributed by atoms with van der Waals surface area (Å²) in [6, 6.07) is 3.61.